The average molecular weight is 487 g/mol. The van der Waals surface area contributed by atoms with Gasteiger partial charge in [-0.1, -0.05) is 65.5 Å². The van der Waals surface area contributed by atoms with Gasteiger partial charge in [0.05, 0.1) is 6.42 Å². The average Bonchev–Trinajstić information content (AvgIpc) is 3.18. The summed E-state index contributed by atoms with van der Waals surface area (Å²) in [5.41, 5.74) is 2.24. The first-order valence-corrected chi connectivity index (χ1v) is 14.8. The van der Waals surface area contributed by atoms with Crippen LogP contribution in [0.5, 0.6) is 0 Å². The van der Waals surface area contributed by atoms with Crippen LogP contribution in [-0.2, 0) is 9.59 Å². The third-order valence-electron chi connectivity index (χ3n) is 11.5. The second-order valence-corrected chi connectivity index (χ2v) is 13.7. The molecule has 4 unspecified atom stereocenters. The fourth-order valence-electron chi connectivity index (χ4n) is 9.46. The molecule has 3 fully saturated rings. The molecule has 4 heteroatoms. The molecule has 198 valence electrons. The zero-order chi connectivity index (χ0) is 25.4. The number of carbonyl (C=O) groups excluding carboxylic acids is 2. The first-order chi connectivity index (χ1) is 16.6. The molecule has 0 bridgehead atoms. The van der Waals surface area contributed by atoms with Crippen molar-refractivity contribution in [3.63, 3.8) is 0 Å². The minimum Gasteiger partial charge on any atom is -0.303 e. The lowest BCUT2D eigenvalue weighted by atomic mass is 9.47. The lowest BCUT2D eigenvalue weighted by Crippen LogP contribution is -3.16. The highest BCUT2D eigenvalue weighted by Crippen LogP contribution is 2.67. The van der Waals surface area contributed by atoms with Crippen molar-refractivity contribution in [1.29, 1.82) is 0 Å². The van der Waals surface area contributed by atoms with Gasteiger partial charge < -0.3 is 4.79 Å². The number of fused-ring (bicyclic) bond motifs is 5. The Kier molecular flexibility index (Phi) is 8.33. The van der Waals surface area contributed by atoms with Crippen LogP contribution < -0.4 is 5.06 Å². The van der Waals surface area contributed by atoms with Crippen molar-refractivity contribution in [3.05, 3.63) is 11.6 Å². The van der Waals surface area contributed by atoms with Crippen molar-refractivity contribution in [2.24, 2.45) is 46.3 Å². The van der Waals surface area contributed by atoms with Crippen molar-refractivity contribution in [3.8, 4) is 0 Å². The maximum Gasteiger partial charge on any atom is 0.344 e. The number of quaternary nitrogens is 1. The van der Waals surface area contributed by atoms with E-state index in [-0.39, 0.29) is 35.3 Å². The summed E-state index contributed by atoms with van der Waals surface area (Å²) in [7, 11) is 0. The molecule has 4 nitrogen and oxygen atoms in total. The summed E-state index contributed by atoms with van der Waals surface area (Å²) in [6, 6.07) is -0.0542. The molecule has 2 N–H and O–H groups in total. The number of nitrogens with one attached hydrogen (secondary N) is 1. The van der Waals surface area contributed by atoms with Crippen molar-refractivity contribution in [2.45, 2.75) is 124 Å². The highest BCUT2D eigenvalue weighted by atomic mass is 16.5. The molecule has 0 aliphatic heterocycles. The number of aldehydes is 1. The Hall–Kier alpha value is -1.00. The summed E-state index contributed by atoms with van der Waals surface area (Å²) in [4.78, 5) is 23.0. The Labute approximate surface area is 214 Å². The molecule has 0 aromatic carbocycles. The molecule has 0 heterocycles. The lowest BCUT2D eigenvalue weighted by molar-refractivity contribution is -1.04. The minimum atomic E-state index is -0.229. The summed E-state index contributed by atoms with van der Waals surface area (Å²) in [6.45, 7) is 12.4. The fourth-order valence-corrected chi connectivity index (χ4v) is 9.46. The van der Waals surface area contributed by atoms with Gasteiger partial charge in [0.2, 0.25) is 0 Å². The number of amides is 1. The van der Waals surface area contributed by atoms with E-state index in [4.69, 9.17) is 0 Å². The van der Waals surface area contributed by atoms with Gasteiger partial charge in [0.25, 0.3) is 0 Å². The first-order valence-electron chi connectivity index (χ1n) is 14.8. The van der Waals surface area contributed by atoms with Gasteiger partial charge in [0, 0.05) is 19.3 Å². The summed E-state index contributed by atoms with van der Waals surface area (Å²) >= 11 is 0. The Morgan fingerprint density at radius 3 is 2.60 bits per heavy atom. The molecule has 35 heavy (non-hydrogen) atoms. The Balaban J connectivity index is 1.44. The van der Waals surface area contributed by atoms with Crippen LogP contribution in [0.2, 0.25) is 0 Å². The molecule has 4 aliphatic rings. The van der Waals surface area contributed by atoms with Crippen LogP contribution in [0.3, 0.4) is 0 Å². The van der Waals surface area contributed by atoms with Gasteiger partial charge in [0.1, 0.15) is 12.3 Å². The topological polar surface area (TPSA) is 58.8 Å². The summed E-state index contributed by atoms with van der Waals surface area (Å²) < 4.78 is 0. The SMILES string of the molecule is CC(C)CCC[C@@H](C)[C@H]1CCC2C3CC=C4C[C@@H]([NH+](O)C(=O)CCC=O)CC[C@]4(C)C3CC[C@@]21C. The van der Waals surface area contributed by atoms with Crippen molar-refractivity contribution in [2.75, 3.05) is 0 Å². The van der Waals surface area contributed by atoms with E-state index in [0.29, 0.717) is 5.41 Å². The fraction of sp³-hybridized carbons (Fsp3) is 0.871. The zero-order valence-corrected chi connectivity index (χ0v) is 23.2. The maximum absolute atomic E-state index is 12.3. The number of allylic oxidation sites excluding steroid dienone is 1. The third-order valence-corrected chi connectivity index (χ3v) is 11.5. The van der Waals surface area contributed by atoms with Crippen molar-refractivity contribution < 1.29 is 19.9 Å². The minimum absolute atomic E-state index is 0.0261. The highest BCUT2D eigenvalue weighted by Gasteiger charge is 2.59. The van der Waals surface area contributed by atoms with Crippen LogP contribution in [0, 0.1) is 46.3 Å². The molecule has 3 saturated carbocycles. The predicted octanol–water partition coefficient (Wildman–Crippen LogP) is 6.18. The number of rotatable bonds is 9. The van der Waals surface area contributed by atoms with E-state index in [9.17, 15) is 14.8 Å². The number of hydrogen-bond acceptors (Lipinski definition) is 3. The molecule has 4 rings (SSSR count). The number of carbonyl (C=O) groups is 2. The van der Waals surface area contributed by atoms with Crippen LogP contribution in [-0.4, -0.2) is 23.4 Å². The summed E-state index contributed by atoms with van der Waals surface area (Å²) in [5, 5.41) is 10.7. The van der Waals surface area contributed by atoms with Crippen LogP contribution in [0.4, 0.5) is 0 Å². The van der Waals surface area contributed by atoms with Gasteiger partial charge in [-0.3, -0.25) is 0 Å². The first kappa shape index (κ1) is 27.0. The monoisotopic (exact) mass is 486 g/mol. The molecule has 0 aromatic rings. The molecule has 0 spiro atoms. The van der Waals surface area contributed by atoms with Gasteiger partial charge in [-0.05, 0) is 84.9 Å². The molecule has 0 saturated heterocycles. The molecule has 0 radical (unpaired) electrons. The molecule has 9 atom stereocenters. The normalized spacial score (nSPS) is 40.3. The van der Waals surface area contributed by atoms with Gasteiger partial charge in [0.15, 0.2) is 0 Å². The maximum atomic E-state index is 12.3. The molecular formula is C31H52NO3+. The number of hydrogen-bond donors (Lipinski definition) is 2. The van der Waals surface area contributed by atoms with Crippen molar-refractivity contribution in [1.82, 2.24) is 0 Å². The van der Waals surface area contributed by atoms with Crippen LogP contribution in [0.25, 0.3) is 0 Å². The van der Waals surface area contributed by atoms with E-state index in [0.717, 1.165) is 61.1 Å². The van der Waals surface area contributed by atoms with Gasteiger partial charge in [-0.2, -0.15) is 0 Å². The van der Waals surface area contributed by atoms with E-state index in [2.05, 4.69) is 40.7 Å². The van der Waals surface area contributed by atoms with Gasteiger partial charge >= 0.3 is 5.91 Å². The molecule has 0 aromatic heterocycles. The van der Waals surface area contributed by atoms with Crippen LogP contribution in [0.1, 0.15) is 118 Å². The third kappa shape index (κ3) is 5.08. The standard InChI is InChI=1S/C31H51NO3/c1-21(2)8-6-9-22(3)26-13-14-27-25-12-11-23-20-24(32(35)29(34)10-7-19-33)15-17-30(23,4)28(25)16-18-31(26,27)5/h11,19,21-22,24-28,35H,6-10,12-18,20H2,1-5H3/p+1/t22-,24+,25?,26-,27?,28?,30+,31-/m1/s1. The van der Waals surface area contributed by atoms with Crippen molar-refractivity contribution >= 4 is 12.2 Å². The summed E-state index contributed by atoms with van der Waals surface area (Å²) in [5.74, 6) is 4.74. The van der Waals surface area contributed by atoms with Gasteiger partial charge in [-0.25, -0.2) is 10.0 Å². The zero-order valence-electron chi connectivity index (χ0n) is 23.2. The van der Waals surface area contributed by atoms with Crippen LogP contribution in [0.15, 0.2) is 11.6 Å². The lowest BCUT2D eigenvalue weighted by Gasteiger charge is -2.58. The molecule has 1 amide bonds. The number of hydroxylamine groups is 2. The Bertz CT molecular complexity index is 805. The van der Waals surface area contributed by atoms with E-state index < -0.39 is 0 Å². The quantitative estimate of drug-likeness (QED) is 0.177. The smallest absolute Gasteiger partial charge is 0.303 e. The predicted molar refractivity (Wildman–Crippen MR) is 140 cm³/mol. The van der Waals surface area contributed by atoms with E-state index in [1.165, 1.54) is 56.9 Å². The Morgan fingerprint density at radius 1 is 1.11 bits per heavy atom. The van der Waals surface area contributed by atoms with E-state index in [1.54, 1.807) is 0 Å². The largest absolute Gasteiger partial charge is 0.344 e. The van der Waals surface area contributed by atoms with Gasteiger partial charge in [-0.15, -0.1) is 5.06 Å². The second kappa shape index (κ2) is 10.8. The molecule has 4 aliphatic carbocycles. The van der Waals surface area contributed by atoms with E-state index in [1.807, 2.05) is 0 Å². The van der Waals surface area contributed by atoms with Crippen LogP contribution >= 0.6 is 0 Å². The molecular weight excluding hydrogens is 434 g/mol. The highest BCUT2D eigenvalue weighted by molar-refractivity contribution is 5.69. The summed E-state index contributed by atoms with van der Waals surface area (Å²) in [6.07, 6.45) is 17.4. The Morgan fingerprint density at radius 2 is 1.89 bits per heavy atom. The second-order valence-electron chi connectivity index (χ2n) is 13.7. The van der Waals surface area contributed by atoms with E-state index >= 15 is 0 Å².